The normalized spacial score (nSPS) is 9.50. The molecule has 1 rings (SSSR count). The molecule has 0 amide bonds. The largest absolute Gasteiger partial charge is 0.476 e. The van der Waals surface area contributed by atoms with E-state index in [1.165, 1.54) is 12.3 Å². The second-order valence-electron chi connectivity index (χ2n) is 2.47. The van der Waals surface area contributed by atoms with E-state index < -0.39 is 11.9 Å². The molecule has 6 heteroatoms. The number of aromatic carboxylic acids is 1. The lowest BCUT2D eigenvalue weighted by molar-refractivity contribution is -0.130. The summed E-state index contributed by atoms with van der Waals surface area (Å²) in [7, 11) is 0. The van der Waals surface area contributed by atoms with Crippen LogP contribution in [0.2, 0.25) is 0 Å². The summed E-state index contributed by atoms with van der Waals surface area (Å²) in [6, 6.07) is 0. The molecule has 5 nitrogen and oxygen atoms in total. The molecule has 1 heterocycles. The van der Waals surface area contributed by atoms with Crippen LogP contribution < -0.4 is 4.74 Å². The maximum atomic E-state index is 11.0. The molecule has 0 unspecified atom stereocenters. The highest BCUT2D eigenvalue weighted by Crippen LogP contribution is 2.18. The van der Waals surface area contributed by atoms with Crippen molar-refractivity contribution < 1.29 is 19.4 Å². The van der Waals surface area contributed by atoms with Gasteiger partial charge in [-0.3, -0.25) is 0 Å². The molecule has 0 bridgehead atoms. The van der Waals surface area contributed by atoms with Crippen molar-refractivity contribution in [1.82, 2.24) is 4.98 Å². The minimum absolute atomic E-state index is 0.00963. The summed E-state index contributed by atoms with van der Waals surface area (Å²) in [6.07, 6.45) is 0. The number of hydrogen-bond acceptors (Lipinski definition) is 5. The Morgan fingerprint density at radius 2 is 2.29 bits per heavy atom. The average molecular weight is 213 g/mol. The topological polar surface area (TPSA) is 76.5 Å². The second kappa shape index (κ2) is 4.01. The van der Waals surface area contributed by atoms with Gasteiger partial charge in [0.15, 0.2) is 5.69 Å². The molecule has 0 aliphatic carbocycles. The first kappa shape index (κ1) is 10.4. The number of nitrogens with zero attached hydrogens (tertiary/aromatic N) is 1. The van der Waals surface area contributed by atoms with Gasteiger partial charge >= 0.3 is 11.9 Å². The molecular formula is C8H7NO4S. The Balaban J connectivity index is 2.74. The van der Waals surface area contributed by atoms with E-state index in [1.54, 1.807) is 0 Å². The smallest absolute Gasteiger partial charge is 0.355 e. The summed E-state index contributed by atoms with van der Waals surface area (Å²) < 4.78 is 4.71. The number of ether oxygens (including phenoxy) is 1. The van der Waals surface area contributed by atoms with Gasteiger partial charge in [0.2, 0.25) is 0 Å². The summed E-state index contributed by atoms with van der Waals surface area (Å²) in [4.78, 5) is 25.0. The minimum atomic E-state index is -1.15. The summed E-state index contributed by atoms with van der Waals surface area (Å²) in [5, 5.41) is 9.83. The van der Waals surface area contributed by atoms with Gasteiger partial charge in [-0.25, -0.2) is 9.59 Å². The van der Waals surface area contributed by atoms with Gasteiger partial charge in [-0.2, -0.15) is 4.98 Å². The number of rotatable bonds is 3. The van der Waals surface area contributed by atoms with Crippen LogP contribution in [0.25, 0.3) is 0 Å². The predicted octanol–water partition coefficient (Wildman–Crippen LogP) is 1.32. The molecule has 0 fully saturated rings. The van der Waals surface area contributed by atoms with E-state index in [4.69, 9.17) is 9.84 Å². The lowest BCUT2D eigenvalue weighted by Gasteiger charge is -1.96. The van der Waals surface area contributed by atoms with Crippen LogP contribution in [0, 0.1) is 0 Å². The highest BCUT2D eigenvalue weighted by Gasteiger charge is 2.12. The van der Waals surface area contributed by atoms with Gasteiger partial charge in [0.25, 0.3) is 5.19 Å². The zero-order valence-corrected chi connectivity index (χ0v) is 8.13. The van der Waals surface area contributed by atoms with Gasteiger partial charge in [0.1, 0.15) is 0 Å². The monoisotopic (exact) mass is 213 g/mol. The molecule has 1 aromatic heterocycles. The van der Waals surface area contributed by atoms with Crippen LogP contribution in [-0.2, 0) is 4.79 Å². The number of carbonyl (C=O) groups excluding carboxylic acids is 1. The first-order valence-corrected chi connectivity index (χ1v) is 4.45. The van der Waals surface area contributed by atoms with Gasteiger partial charge < -0.3 is 9.84 Å². The number of hydrogen-bond donors (Lipinski definition) is 1. The fourth-order valence-corrected chi connectivity index (χ4v) is 1.21. The third-order valence-electron chi connectivity index (χ3n) is 1.23. The zero-order valence-electron chi connectivity index (χ0n) is 7.31. The fourth-order valence-electron chi connectivity index (χ4n) is 0.569. The van der Waals surface area contributed by atoms with Crippen molar-refractivity contribution in [3.63, 3.8) is 0 Å². The Morgan fingerprint density at radius 1 is 1.64 bits per heavy atom. The fraction of sp³-hybridized carbons (Fsp3) is 0.125. The Hall–Kier alpha value is -1.69. The maximum absolute atomic E-state index is 11.0. The van der Waals surface area contributed by atoms with Crippen LogP contribution in [0.4, 0.5) is 0 Å². The number of carbonyl (C=O) groups is 2. The number of thiazole rings is 1. The third-order valence-corrected chi connectivity index (χ3v) is 1.95. The number of aromatic nitrogens is 1. The highest BCUT2D eigenvalue weighted by atomic mass is 32.1. The molecular weight excluding hydrogens is 206 g/mol. The van der Waals surface area contributed by atoms with Crippen molar-refractivity contribution in [2.75, 3.05) is 0 Å². The van der Waals surface area contributed by atoms with Crippen molar-refractivity contribution >= 4 is 23.3 Å². The van der Waals surface area contributed by atoms with Gasteiger partial charge in [-0.1, -0.05) is 17.9 Å². The molecule has 0 radical (unpaired) electrons. The van der Waals surface area contributed by atoms with E-state index in [9.17, 15) is 9.59 Å². The first-order chi connectivity index (χ1) is 6.50. The zero-order chi connectivity index (χ0) is 10.7. The van der Waals surface area contributed by atoms with Crippen molar-refractivity contribution in [2.24, 2.45) is 0 Å². The Morgan fingerprint density at radius 3 is 2.71 bits per heavy atom. The molecule has 0 saturated heterocycles. The lowest BCUT2D eigenvalue weighted by atomic mass is 10.4. The summed E-state index contributed by atoms with van der Waals surface area (Å²) in [6.45, 7) is 4.87. The molecule has 0 aromatic carbocycles. The van der Waals surface area contributed by atoms with Crippen LogP contribution in [0.1, 0.15) is 17.4 Å². The Bertz CT molecular complexity index is 396. The third kappa shape index (κ3) is 2.40. The summed E-state index contributed by atoms with van der Waals surface area (Å²) in [5.74, 6) is -1.77. The summed E-state index contributed by atoms with van der Waals surface area (Å²) in [5.41, 5.74) is 0.0941. The second-order valence-corrected chi connectivity index (χ2v) is 3.29. The molecule has 0 aliphatic heterocycles. The standard InChI is InChI=1S/C8H7NO4S/c1-4(2)7(12)13-8-9-5(3-14-8)6(10)11/h3H,1H2,2H3,(H,10,11). The highest BCUT2D eigenvalue weighted by molar-refractivity contribution is 7.11. The molecule has 0 spiro atoms. The van der Waals surface area contributed by atoms with E-state index in [-0.39, 0.29) is 16.5 Å². The van der Waals surface area contributed by atoms with E-state index in [2.05, 4.69) is 11.6 Å². The average Bonchev–Trinajstić information content (AvgIpc) is 2.52. The molecule has 14 heavy (non-hydrogen) atoms. The van der Waals surface area contributed by atoms with Crippen LogP contribution in [-0.4, -0.2) is 22.0 Å². The van der Waals surface area contributed by atoms with E-state index in [0.717, 1.165) is 11.3 Å². The minimum Gasteiger partial charge on any atom is -0.476 e. The van der Waals surface area contributed by atoms with Gasteiger partial charge in [-0.15, -0.1) is 0 Å². The van der Waals surface area contributed by atoms with Gasteiger partial charge in [0, 0.05) is 11.0 Å². The lowest BCUT2D eigenvalue weighted by Crippen LogP contribution is -2.08. The van der Waals surface area contributed by atoms with Gasteiger partial charge in [-0.05, 0) is 6.92 Å². The Kier molecular flexibility index (Phi) is 2.98. The summed E-state index contributed by atoms with van der Waals surface area (Å²) >= 11 is 0.947. The molecule has 0 atom stereocenters. The Labute approximate surface area is 83.7 Å². The molecule has 1 aromatic rings. The van der Waals surface area contributed by atoms with Gasteiger partial charge in [0.05, 0.1) is 0 Å². The maximum Gasteiger partial charge on any atom is 0.355 e. The van der Waals surface area contributed by atoms with E-state index >= 15 is 0 Å². The first-order valence-electron chi connectivity index (χ1n) is 3.57. The van der Waals surface area contributed by atoms with Crippen LogP contribution in [0.5, 0.6) is 5.19 Å². The van der Waals surface area contributed by atoms with Crippen LogP contribution in [0.3, 0.4) is 0 Å². The quantitative estimate of drug-likeness (QED) is 0.605. The van der Waals surface area contributed by atoms with Crippen LogP contribution >= 0.6 is 11.3 Å². The molecule has 0 aliphatic rings. The van der Waals surface area contributed by atoms with E-state index in [1.807, 2.05) is 0 Å². The van der Waals surface area contributed by atoms with Crippen molar-refractivity contribution in [1.29, 1.82) is 0 Å². The molecule has 1 N–H and O–H groups in total. The molecule has 0 saturated carbocycles. The number of carboxylic acid groups (broad SMARTS) is 1. The SMILES string of the molecule is C=C(C)C(=O)Oc1nc(C(=O)O)cs1. The predicted molar refractivity (Wildman–Crippen MR) is 49.5 cm³/mol. The number of esters is 1. The van der Waals surface area contributed by atoms with Crippen molar-refractivity contribution in [3.05, 3.63) is 23.2 Å². The molecule has 74 valence electrons. The van der Waals surface area contributed by atoms with Crippen molar-refractivity contribution in [2.45, 2.75) is 6.92 Å². The number of carboxylic acids is 1. The van der Waals surface area contributed by atoms with Crippen LogP contribution in [0.15, 0.2) is 17.5 Å². The van der Waals surface area contributed by atoms with Crippen molar-refractivity contribution in [3.8, 4) is 5.19 Å². The van der Waals surface area contributed by atoms with E-state index in [0.29, 0.717) is 0 Å².